The molecule has 24 heavy (non-hydrogen) atoms. The largest absolute Gasteiger partial charge is 0.493 e. The third kappa shape index (κ3) is 8.75. The fourth-order valence-corrected chi connectivity index (χ4v) is 3.05. The molecule has 1 fully saturated rings. The summed E-state index contributed by atoms with van der Waals surface area (Å²) in [6.45, 7) is 4.37. The lowest BCUT2D eigenvalue weighted by atomic mass is 9.92. The number of hydrogen-bond acceptors (Lipinski definition) is 4. The second-order valence-corrected chi connectivity index (χ2v) is 6.51. The van der Waals surface area contributed by atoms with Gasteiger partial charge < -0.3 is 20.1 Å². The van der Waals surface area contributed by atoms with Crippen molar-refractivity contribution in [3.05, 3.63) is 29.3 Å². The van der Waals surface area contributed by atoms with E-state index in [4.69, 9.17) is 16.3 Å². The first-order chi connectivity index (χ1) is 10.6. The molecule has 0 aliphatic carbocycles. The highest BCUT2D eigenvalue weighted by molar-refractivity contribution is 6.30. The van der Waals surface area contributed by atoms with Gasteiger partial charge in [0, 0.05) is 18.1 Å². The fraction of sp³-hybridized carbons (Fsp3) is 0.647. The predicted octanol–water partition coefficient (Wildman–Crippen LogP) is 3.24. The number of aliphatic hydroxyl groups is 1. The number of likely N-dealkylation sites (N-methyl/N-ethyl adjacent to an activating group) is 1. The molecule has 1 unspecified atom stereocenters. The predicted molar refractivity (Wildman–Crippen MR) is 105 cm³/mol. The number of ether oxygens (including phenoxy) is 1. The van der Waals surface area contributed by atoms with Crippen molar-refractivity contribution in [3.8, 4) is 5.75 Å². The molecule has 1 aliphatic heterocycles. The molecule has 0 spiro atoms. The molecule has 0 bridgehead atoms. The van der Waals surface area contributed by atoms with E-state index in [1.54, 1.807) is 0 Å². The molecule has 1 aliphatic rings. The molecule has 1 atom stereocenters. The lowest BCUT2D eigenvalue weighted by molar-refractivity contribution is 0.0568. The van der Waals surface area contributed by atoms with Gasteiger partial charge in [-0.05, 0) is 63.5 Å². The van der Waals surface area contributed by atoms with E-state index in [0.717, 1.165) is 51.2 Å². The highest BCUT2D eigenvalue weighted by Gasteiger charge is 2.22. The topological polar surface area (TPSA) is 44.7 Å². The second-order valence-electron chi connectivity index (χ2n) is 6.08. The quantitative estimate of drug-likeness (QED) is 0.659. The van der Waals surface area contributed by atoms with Gasteiger partial charge in [-0.15, -0.1) is 24.8 Å². The van der Waals surface area contributed by atoms with Crippen molar-refractivity contribution in [2.45, 2.75) is 25.4 Å². The van der Waals surface area contributed by atoms with Gasteiger partial charge in [-0.2, -0.15) is 0 Å². The Bertz CT molecular complexity index is 446. The van der Waals surface area contributed by atoms with Gasteiger partial charge in [0.15, 0.2) is 0 Å². The van der Waals surface area contributed by atoms with Crippen LogP contribution in [0.2, 0.25) is 5.02 Å². The normalized spacial score (nSPS) is 16.2. The van der Waals surface area contributed by atoms with Gasteiger partial charge in [-0.25, -0.2) is 0 Å². The van der Waals surface area contributed by atoms with Crippen LogP contribution in [0.1, 0.15) is 19.3 Å². The van der Waals surface area contributed by atoms with Gasteiger partial charge in [0.25, 0.3) is 0 Å². The zero-order chi connectivity index (χ0) is 15.8. The summed E-state index contributed by atoms with van der Waals surface area (Å²) in [7, 11) is 2.06. The summed E-state index contributed by atoms with van der Waals surface area (Å²) in [6, 6.07) is 7.46. The van der Waals surface area contributed by atoms with Crippen LogP contribution < -0.4 is 10.1 Å². The summed E-state index contributed by atoms with van der Waals surface area (Å²) in [5, 5.41) is 14.3. The first kappa shape index (κ1) is 23.8. The number of hydrogen-bond donors (Lipinski definition) is 2. The number of rotatable bonds is 8. The van der Waals surface area contributed by atoms with E-state index in [9.17, 15) is 5.11 Å². The Balaban J connectivity index is 0.00000264. The van der Waals surface area contributed by atoms with Crippen LogP contribution in [0.4, 0.5) is 0 Å². The Kier molecular flexibility index (Phi) is 12.9. The third-order valence-electron chi connectivity index (χ3n) is 4.18. The number of halogens is 3. The standard InChI is InChI=1S/C17H27ClN2O2.2ClH/c1-20(13-17(21)14-6-8-19-9-7-14)10-3-11-22-16-5-2-4-15(18)12-16;;/h2,4-5,12,14,17,19,21H,3,6-11,13H2,1H3;2*1H. The third-order valence-corrected chi connectivity index (χ3v) is 4.41. The highest BCUT2D eigenvalue weighted by Crippen LogP contribution is 2.18. The Labute approximate surface area is 162 Å². The van der Waals surface area contributed by atoms with Gasteiger partial charge in [0.1, 0.15) is 5.75 Å². The summed E-state index contributed by atoms with van der Waals surface area (Å²) in [4.78, 5) is 2.19. The lowest BCUT2D eigenvalue weighted by Gasteiger charge is -2.30. The Hall–Kier alpha value is -0.230. The molecule has 1 heterocycles. The molecular weight excluding hydrogens is 371 g/mol. The molecule has 2 rings (SSSR count). The van der Waals surface area contributed by atoms with E-state index in [2.05, 4.69) is 17.3 Å². The number of aliphatic hydroxyl groups excluding tert-OH is 1. The maximum atomic E-state index is 10.3. The summed E-state index contributed by atoms with van der Waals surface area (Å²) < 4.78 is 5.68. The van der Waals surface area contributed by atoms with Crippen LogP contribution in [0.25, 0.3) is 0 Å². The molecule has 1 saturated heterocycles. The fourth-order valence-electron chi connectivity index (χ4n) is 2.87. The Morgan fingerprint density at radius 3 is 2.71 bits per heavy atom. The van der Waals surface area contributed by atoms with Gasteiger partial charge >= 0.3 is 0 Å². The van der Waals surface area contributed by atoms with E-state index in [-0.39, 0.29) is 30.9 Å². The summed E-state index contributed by atoms with van der Waals surface area (Å²) in [5.74, 6) is 1.25. The van der Waals surface area contributed by atoms with Crippen molar-refractivity contribution < 1.29 is 9.84 Å². The maximum absolute atomic E-state index is 10.3. The first-order valence-electron chi connectivity index (χ1n) is 8.11. The maximum Gasteiger partial charge on any atom is 0.120 e. The number of piperidine rings is 1. The molecule has 1 aromatic carbocycles. The van der Waals surface area contributed by atoms with E-state index in [1.807, 2.05) is 24.3 Å². The van der Waals surface area contributed by atoms with Crippen molar-refractivity contribution in [1.82, 2.24) is 10.2 Å². The SMILES string of the molecule is CN(CCCOc1cccc(Cl)c1)CC(O)C1CCNCC1.Cl.Cl. The minimum absolute atomic E-state index is 0. The first-order valence-corrected chi connectivity index (χ1v) is 8.48. The van der Waals surface area contributed by atoms with Gasteiger partial charge in [-0.1, -0.05) is 17.7 Å². The molecule has 7 heteroatoms. The van der Waals surface area contributed by atoms with Crippen LogP contribution in [0.15, 0.2) is 24.3 Å². The van der Waals surface area contributed by atoms with Crippen LogP contribution >= 0.6 is 36.4 Å². The number of nitrogens with one attached hydrogen (secondary N) is 1. The van der Waals surface area contributed by atoms with E-state index < -0.39 is 0 Å². The zero-order valence-electron chi connectivity index (χ0n) is 14.1. The molecule has 0 radical (unpaired) electrons. The average Bonchev–Trinajstić information content (AvgIpc) is 2.52. The van der Waals surface area contributed by atoms with Crippen LogP contribution in [0, 0.1) is 5.92 Å². The monoisotopic (exact) mass is 398 g/mol. The summed E-state index contributed by atoms with van der Waals surface area (Å²) in [5.41, 5.74) is 0. The van der Waals surface area contributed by atoms with Gasteiger partial charge in [0.2, 0.25) is 0 Å². The average molecular weight is 400 g/mol. The van der Waals surface area contributed by atoms with Crippen molar-refractivity contribution in [2.24, 2.45) is 5.92 Å². The van der Waals surface area contributed by atoms with Crippen molar-refractivity contribution in [3.63, 3.8) is 0 Å². The van der Waals surface area contributed by atoms with Crippen molar-refractivity contribution in [1.29, 1.82) is 0 Å². The van der Waals surface area contributed by atoms with Crippen LogP contribution in [-0.2, 0) is 0 Å². The van der Waals surface area contributed by atoms with Crippen LogP contribution in [-0.4, -0.2) is 55.9 Å². The van der Waals surface area contributed by atoms with Crippen molar-refractivity contribution in [2.75, 3.05) is 39.8 Å². The van der Waals surface area contributed by atoms with Crippen LogP contribution in [0.3, 0.4) is 0 Å². The molecular formula is C17H29Cl3N2O2. The number of nitrogens with zero attached hydrogens (tertiary/aromatic N) is 1. The Morgan fingerprint density at radius 2 is 2.04 bits per heavy atom. The molecule has 140 valence electrons. The summed E-state index contributed by atoms with van der Waals surface area (Å²) in [6.07, 6.45) is 2.86. The van der Waals surface area contributed by atoms with E-state index in [1.165, 1.54) is 0 Å². The molecule has 1 aromatic rings. The minimum atomic E-state index is -0.221. The number of benzene rings is 1. The molecule has 0 saturated carbocycles. The molecule has 0 amide bonds. The van der Waals surface area contributed by atoms with Gasteiger partial charge in [0.05, 0.1) is 12.7 Å². The zero-order valence-corrected chi connectivity index (χ0v) is 16.5. The van der Waals surface area contributed by atoms with Gasteiger partial charge in [-0.3, -0.25) is 0 Å². The highest BCUT2D eigenvalue weighted by atomic mass is 35.5. The molecule has 0 aromatic heterocycles. The second kappa shape index (κ2) is 13.0. The van der Waals surface area contributed by atoms with Crippen molar-refractivity contribution >= 4 is 36.4 Å². The smallest absolute Gasteiger partial charge is 0.120 e. The molecule has 4 nitrogen and oxygen atoms in total. The van der Waals surface area contributed by atoms with Crippen LogP contribution in [0.5, 0.6) is 5.75 Å². The Morgan fingerprint density at radius 1 is 1.33 bits per heavy atom. The molecule has 2 N–H and O–H groups in total. The van der Waals surface area contributed by atoms with E-state index >= 15 is 0 Å². The van der Waals surface area contributed by atoms with E-state index in [0.29, 0.717) is 17.5 Å². The minimum Gasteiger partial charge on any atom is -0.493 e. The lowest BCUT2D eigenvalue weighted by Crippen LogP contribution is -2.40. The summed E-state index contributed by atoms with van der Waals surface area (Å²) >= 11 is 5.92.